The van der Waals surface area contributed by atoms with Crippen LogP contribution < -0.4 is 10.0 Å². The zero-order chi connectivity index (χ0) is 20.1. The fraction of sp³-hybridized carbons (Fsp3) is 0.300. The standard InChI is InChI=1S/C20H22N2O5S/c1-14(19(23)21-13-15-6-3-2-4-7-15)27-20(24)16-8-5-9-18(12-16)28(25,26)22-17-10-11-17/h2-9,12,14,17,22H,10-11,13H2,1H3,(H,21,23). The van der Waals surface area contributed by atoms with E-state index < -0.39 is 28.0 Å². The number of sulfonamides is 1. The number of benzene rings is 2. The van der Waals surface area contributed by atoms with Crippen LogP contribution >= 0.6 is 0 Å². The van der Waals surface area contributed by atoms with E-state index in [9.17, 15) is 18.0 Å². The number of carbonyl (C=O) groups is 2. The predicted molar refractivity (Wildman–Crippen MR) is 103 cm³/mol. The van der Waals surface area contributed by atoms with Crippen LogP contribution in [-0.2, 0) is 26.1 Å². The van der Waals surface area contributed by atoms with Gasteiger partial charge in [0.15, 0.2) is 6.10 Å². The Bertz CT molecular complexity index is 956. The molecule has 1 atom stereocenters. The number of ether oxygens (including phenoxy) is 1. The lowest BCUT2D eigenvalue weighted by Gasteiger charge is -2.14. The van der Waals surface area contributed by atoms with E-state index in [-0.39, 0.29) is 16.5 Å². The number of amides is 1. The molecule has 1 unspecified atom stereocenters. The molecule has 1 fully saturated rings. The Balaban J connectivity index is 1.59. The molecule has 0 bridgehead atoms. The second kappa shape index (κ2) is 8.53. The van der Waals surface area contributed by atoms with Gasteiger partial charge in [0.1, 0.15) is 0 Å². The minimum absolute atomic E-state index is 0.00460. The molecule has 0 radical (unpaired) electrons. The predicted octanol–water partition coefficient (Wildman–Crippen LogP) is 1.99. The quantitative estimate of drug-likeness (QED) is 0.658. The molecule has 1 amide bonds. The van der Waals surface area contributed by atoms with Crippen LogP contribution in [0.5, 0.6) is 0 Å². The van der Waals surface area contributed by atoms with Crippen molar-refractivity contribution >= 4 is 21.9 Å². The Morgan fingerprint density at radius 1 is 1.11 bits per heavy atom. The van der Waals surface area contributed by atoms with E-state index in [4.69, 9.17) is 4.74 Å². The van der Waals surface area contributed by atoms with Crippen LogP contribution in [0, 0.1) is 0 Å². The lowest BCUT2D eigenvalue weighted by Crippen LogP contribution is -2.35. The van der Waals surface area contributed by atoms with Crippen LogP contribution in [0.4, 0.5) is 0 Å². The van der Waals surface area contributed by atoms with Crippen molar-refractivity contribution in [1.82, 2.24) is 10.0 Å². The maximum absolute atomic E-state index is 12.3. The fourth-order valence-electron chi connectivity index (χ4n) is 2.49. The van der Waals surface area contributed by atoms with Gasteiger partial charge >= 0.3 is 5.97 Å². The van der Waals surface area contributed by atoms with Crippen molar-refractivity contribution in [3.8, 4) is 0 Å². The molecule has 1 aliphatic rings. The summed E-state index contributed by atoms with van der Waals surface area (Å²) < 4.78 is 32.3. The zero-order valence-corrected chi connectivity index (χ0v) is 16.2. The van der Waals surface area contributed by atoms with Gasteiger partial charge in [-0.2, -0.15) is 0 Å². The van der Waals surface area contributed by atoms with Gasteiger partial charge in [-0.25, -0.2) is 17.9 Å². The van der Waals surface area contributed by atoms with E-state index in [1.54, 1.807) is 0 Å². The highest BCUT2D eigenvalue weighted by molar-refractivity contribution is 7.89. The van der Waals surface area contributed by atoms with Crippen molar-refractivity contribution < 1.29 is 22.7 Å². The topological polar surface area (TPSA) is 102 Å². The largest absolute Gasteiger partial charge is 0.449 e. The first kappa shape index (κ1) is 20.0. The van der Waals surface area contributed by atoms with E-state index in [1.165, 1.54) is 31.2 Å². The van der Waals surface area contributed by atoms with Gasteiger partial charge < -0.3 is 10.1 Å². The van der Waals surface area contributed by atoms with Crippen molar-refractivity contribution in [2.45, 2.75) is 43.4 Å². The highest BCUT2D eigenvalue weighted by Gasteiger charge is 2.28. The van der Waals surface area contributed by atoms with Crippen LogP contribution in [0.2, 0.25) is 0 Å². The monoisotopic (exact) mass is 402 g/mol. The number of esters is 1. The summed E-state index contributed by atoms with van der Waals surface area (Å²) in [4.78, 5) is 24.5. The number of nitrogens with one attached hydrogen (secondary N) is 2. The molecule has 0 saturated heterocycles. The van der Waals surface area contributed by atoms with E-state index in [2.05, 4.69) is 10.0 Å². The average Bonchev–Trinajstić information content (AvgIpc) is 3.50. The maximum atomic E-state index is 12.3. The van der Waals surface area contributed by atoms with Crippen LogP contribution in [0.15, 0.2) is 59.5 Å². The molecule has 148 valence electrons. The third kappa shape index (κ3) is 5.40. The highest BCUT2D eigenvalue weighted by atomic mass is 32.2. The third-order valence-corrected chi connectivity index (χ3v) is 5.76. The minimum atomic E-state index is -3.67. The van der Waals surface area contributed by atoms with Crippen LogP contribution in [0.3, 0.4) is 0 Å². The summed E-state index contributed by atoms with van der Waals surface area (Å²) in [5.74, 6) is -1.19. The molecule has 2 aromatic carbocycles. The molecule has 8 heteroatoms. The Kier molecular flexibility index (Phi) is 6.11. The summed E-state index contributed by atoms with van der Waals surface area (Å²) in [5, 5.41) is 2.70. The third-order valence-electron chi connectivity index (χ3n) is 4.24. The van der Waals surface area contributed by atoms with Gasteiger partial charge in [0.25, 0.3) is 5.91 Å². The Morgan fingerprint density at radius 3 is 2.50 bits per heavy atom. The first-order chi connectivity index (χ1) is 13.3. The molecule has 7 nitrogen and oxygen atoms in total. The van der Waals surface area contributed by atoms with Crippen molar-refractivity contribution in [3.63, 3.8) is 0 Å². The molecule has 28 heavy (non-hydrogen) atoms. The number of rotatable bonds is 8. The van der Waals surface area contributed by atoms with Gasteiger partial charge in [-0.3, -0.25) is 4.79 Å². The van der Waals surface area contributed by atoms with Crippen molar-refractivity contribution in [3.05, 3.63) is 65.7 Å². The van der Waals surface area contributed by atoms with Crippen LogP contribution in [-0.4, -0.2) is 32.4 Å². The van der Waals surface area contributed by atoms with E-state index in [1.807, 2.05) is 30.3 Å². The Morgan fingerprint density at radius 2 is 1.82 bits per heavy atom. The first-order valence-electron chi connectivity index (χ1n) is 9.00. The molecule has 0 aliphatic heterocycles. The lowest BCUT2D eigenvalue weighted by molar-refractivity contribution is -0.129. The van der Waals surface area contributed by atoms with Crippen molar-refractivity contribution in [1.29, 1.82) is 0 Å². The number of hydrogen-bond acceptors (Lipinski definition) is 5. The summed E-state index contributed by atoms with van der Waals surface area (Å²) in [5.41, 5.74) is 0.997. The van der Waals surface area contributed by atoms with Crippen molar-refractivity contribution in [2.75, 3.05) is 0 Å². The summed E-state index contributed by atoms with van der Waals surface area (Å²) in [6.45, 7) is 1.79. The smallest absolute Gasteiger partial charge is 0.338 e. The second-order valence-electron chi connectivity index (χ2n) is 6.67. The fourth-order valence-corrected chi connectivity index (χ4v) is 3.84. The summed E-state index contributed by atoms with van der Waals surface area (Å²) in [7, 11) is -3.67. The lowest BCUT2D eigenvalue weighted by atomic mass is 10.2. The van der Waals surface area contributed by atoms with Crippen molar-refractivity contribution in [2.24, 2.45) is 0 Å². The van der Waals surface area contributed by atoms with Gasteiger partial charge in [0, 0.05) is 12.6 Å². The molecule has 0 spiro atoms. The summed E-state index contributed by atoms with van der Waals surface area (Å²) in [6.07, 6.45) is 0.619. The maximum Gasteiger partial charge on any atom is 0.338 e. The molecule has 2 aromatic rings. The average molecular weight is 402 g/mol. The normalized spacial score (nSPS) is 14.9. The Hall–Kier alpha value is -2.71. The van der Waals surface area contributed by atoms with Gasteiger partial charge in [-0.1, -0.05) is 36.4 Å². The Labute approximate surface area is 164 Å². The van der Waals surface area contributed by atoms with Gasteiger partial charge in [0.05, 0.1) is 10.5 Å². The van der Waals surface area contributed by atoms with E-state index >= 15 is 0 Å². The molecule has 2 N–H and O–H groups in total. The van der Waals surface area contributed by atoms with E-state index in [0.29, 0.717) is 6.54 Å². The SMILES string of the molecule is CC(OC(=O)c1cccc(S(=O)(=O)NC2CC2)c1)C(=O)NCc1ccccc1. The van der Waals surface area contributed by atoms with E-state index in [0.717, 1.165) is 18.4 Å². The second-order valence-corrected chi connectivity index (χ2v) is 8.39. The van der Waals surface area contributed by atoms with Crippen LogP contribution in [0.25, 0.3) is 0 Å². The molecular weight excluding hydrogens is 380 g/mol. The molecule has 1 aliphatic carbocycles. The highest BCUT2D eigenvalue weighted by Crippen LogP contribution is 2.22. The summed E-state index contributed by atoms with van der Waals surface area (Å²) >= 11 is 0. The molecule has 0 aromatic heterocycles. The number of carbonyl (C=O) groups excluding carboxylic acids is 2. The summed E-state index contributed by atoms with van der Waals surface area (Å²) in [6, 6.07) is 14.9. The molecular formula is C20H22N2O5S. The number of hydrogen-bond donors (Lipinski definition) is 2. The van der Waals surface area contributed by atoms with Gasteiger partial charge in [-0.15, -0.1) is 0 Å². The first-order valence-corrected chi connectivity index (χ1v) is 10.5. The molecule has 1 saturated carbocycles. The van der Waals surface area contributed by atoms with Gasteiger partial charge in [-0.05, 0) is 43.5 Å². The van der Waals surface area contributed by atoms with Crippen LogP contribution in [0.1, 0.15) is 35.7 Å². The molecule has 3 rings (SSSR count). The molecule has 0 heterocycles. The zero-order valence-electron chi connectivity index (χ0n) is 15.4. The van der Waals surface area contributed by atoms with Gasteiger partial charge in [0.2, 0.25) is 10.0 Å². The minimum Gasteiger partial charge on any atom is -0.449 e.